The lowest BCUT2D eigenvalue weighted by Gasteiger charge is -2.22. The third kappa shape index (κ3) is 3.97. The molecule has 20 heavy (non-hydrogen) atoms. The third-order valence-corrected chi connectivity index (χ3v) is 4.31. The van der Waals surface area contributed by atoms with E-state index in [0.29, 0.717) is 6.04 Å². The van der Waals surface area contributed by atoms with Crippen molar-refractivity contribution >= 4 is 17.5 Å². The lowest BCUT2D eigenvalue weighted by atomic mass is 10.1. The molecule has 2 rings (SSSR count). The second-order valence-electron chi connectivity index (χ2n) is 5.62. The van der Waals surface area contributed by atoms with Crippen LogP contribution in [-0.2, 0) is 4.79 Å². The van der Waals surface area contributed by atoms with Crippen molar-refractivity contribution < 1.29 is 4.79 Å². The molecule has 0 aliphatic heterocycles. The number of halogens is 1. The van der Waals surface area contributed by atoms with E-state index in [4.69, 9.17) is 11.6 Å². The van der Waals surface area contributed by atoms with Gasteiger partial charge in [-0.3, -0.25) is 10.1 Å². The summed E-state index contributed by atoms with van der Waals surface area (Å²) in [6.45, 7) is 3.93. The molecule has 0 unspecified atom stereocenters. The Morgan fingerprint density at radius 1 is 1.25 bits per heavy atom. The molecule has 3 nitrogen and oxygen atoms in total. The van der Waals surface area contributed by atoms with Gasteiger partial charge >= 0.3 is 0 Å². The molecular formula is C16H23ClN2O. The van der Waals surface area contributed by atoms with Crippen molar-refractivity contribution in [1.29, 1.82) is 0 Å². The zero-order chi connectivity index (χ0) is 14.5. The average Bonchev–Trinajstić information content (AvgIpc) is 2.91. The molecule has 1 aliphatic rings. The fourth-order valence-electron chi connectivity index (χ4n) is 2.76. The molecule has 1 fully saturated rings. The molecular weight excluding hydrogens is 272 g/mol. The van der Waals surface area contributed by atoms with E-state index in [9.17, 15) is 4.79 Å². The van der Waals surface area contributed by atoms with E-state index < -0.39 is 0 Å². The summed E-state index contributed by atoms with van der Waals surface area (Å²) < 4.78 is 0. The molecule has 0 saturated heterocycles. The summed E-state index contributed by atoms with van der Waals surface area (Å²) >= 11 is 6.18. The number of nitrogens with one attached hydrogen (secondary N) is 2. The van der Waals surface area contributed by atoms with Crippen molar-refractivity contribution in [2.24, 2.45) is 0 Å². The lowest BCUT2D eigenvalue weighted by molar-refractivity contribution is -0.123. The number of carbonyl (C=O) groups excluding carboxylic acids is 1. The van der Waals surface area contributed by atoms with Crippen LogP contribution in [0.25, 0.3) is 0 Å². The average molecular weight is 295 g/mol. The van der Waals surface area contributed by atoms with E-state index in [0.717, 1.165) is 23.4 Å². The Hall–Kier alpha value is -1.06. The molecule has 0 radical (unpaired) electrons. The highest BCUT2D eigenvalue weighted by Crippen LogP contribution is 2.22. The molecule has 0 spiro atoms. The second kappa shape index (κ2) is 7.09. The first-order chi connectivity index (χ1) is 9.58. The molecule has 0 heterocycles. The number of rotatable bonds is 5. The highest BCUT2D eigenvalue weighted by atomic mass is 35.5. The number of hydrogen-bond acceptors (Lipinski definition) is 2. The van der Waals surface area contributed by atoms with E-state index >= 15 is 0 Å². The minimum Gasteiger partial charge on any atom is -0.352 e. The summed E-state index contributed by atoms with van der Waals surface area (Å²) in [5.41, 5.74) is 1.02. The van der Waals surface area contributed by atoms with Crippen molar-refractivity contribution in [2.75, 3.05) is 0 Å². The maximum atomic E-state index is 12.1. The SMILES string of the molecule is C[C@H](N[C@H](C)C(=O)NC1CCCC1)c1ccccc1Cl. The maximum absolute atomic E-state index is 12.1. The topological polar surface area (TPSA) is 41.1 Å². The first-order valence-corrected chi connectivity index (χ1v) is 7.76. The predicted octanol–water partition coefficient (Wildman–Crippen LogP) is 3.44. The summed E-state index contributed by atoms with van der Waals surface area (Å²) in [6.07, 6.45) is 4.67. The van der Waals surface area contributed by atoms with Gasteiger partial charge in [-0.1, -0.05) is 42.6 Å². The van der Waals surface area contributed by atoms with Crippen LogP contribution in [0.3, 0.4) is 0 Å². The Kier molecular flexibility index (Phi) is 5.44. The molecule has 0 aromatic heterocycles. The summed E-state index contributed by atoms with van der Waals surface area (Å²) in [4.78, 5) is 12.1. The monoisotopic (exact) mass is 294 g/mol. The number of benzene rings is 1. The smallest absolute Gasteiger partial charge is 0.237 e. The van der Waals surface area contributed by atoms with Crippen molar-refractivity contribution in [3.8, 4) is 0 Å². The van der Waals surface area contributed by atoms with Crippen LogP contribution < -0.4 is 10.6 Å². The van der Waals surface area contributed by atoms with E-state index in [1.54, 1.807) is 0 Å². The van der Waals surface area contributed by atoms with Gasteiger partial charge in [0, 0.05) is 17.1 Å². The normalized spacial score (nSPS) is 18.8. The summed E-state index contributed by atoms with van der Waals surface area (Å²) in [5.74, 6) is 0.0794. The first-order valence-electron chi connectivity index (χ1n) is 7.39. The number of hydrogen-bond donors (Lipinski definition) is 2. The highest BCUT2D eigenvalue weighted by Gasteiger charge is 2.22. The summed E-state index contributed by atoms with van der Waals surface area (Å²) in [7, 11) is 0. The van der Waals surface area contributed by atoms with E-state index in [2.05, 4.69) is 10.6 Å². The Labute approximate surface area is 126 Å². The largest absolute Gasteiger partial charge is 0.352 e. The van der Waals surface area contributed by atoms with Crippen molar-refractivity contribution in [3.63, 3.8) is 0 Å². The van der Waals surface area contributed by atoms with Gasteiger partial charge in [0.25, 0.3) is 0 Å². The molecule has 1 aromatic carbocycles. The third-order valence-electron chi connectivity index (χ3n) is 3.97. The van der Waals surface area contributed by atoms with Crippen LogP contribution in [0.4, 0.5) is 0 Å². The van der Waals surface area contributed by atoms with Crippen molar-refractivity contribution in [2.45, 2.75) is 57.7 Å². The van der Waals surface area contributed by atoms with Crippen LogP contribution in [0.1, 0.15) is 51.1 Å². The molecule has 0 bridgehead atoms. The van der Waals surface area contributed by atoms with Gasteiger partial charge in [0.1, 0.15) is 0 Å². The fraction of sp³-hybridized carbons (Fsp3) is 0.562. The van der Waals surface area contributed by atoms with Gasteiger partial charge in [0.15, 0.2) is 0 Å². The van der Waals surface area contributed by atoms with E-state index in [1.807, 2.05) is 38.1 Å². The molecule has 1 aromatic rings. The Bertz CT molecular complexity index is 458. The summed E-state index contributed by atoms with van der Waals surface area (Å²) in [5, 5.41) is 7.16. The first kappa shape index (κ1) is 15.3. The second-order valence-corrected chi connectivity index (χ2v) is 6.03. The molecule has 1 aliphatic carbocycles. The minimum absolute atomic E-state index is 0.0491. The van der Waals surface area contributed by atoms with Crippen LogP contribution in [-0.4, -0.2) is 18.0 Å². The quantitative estimate of drug-likeness (QED) is 0.873. The molecule has 1 saturated carbocycles. The van der Waals surface area contributed by atoms with Crippen molar-refractivity contribution in [3.05, 3.63) is 34.9 Å². The van der Waals surface area contributed by atoms with Crippen LogP contribution in [0.5, 0.6) is 0 Å². The van der Waals surface area contributed by atoms with Gasteiger partial charge in [-0.15, -0.1) is 0 Å². The Balaban J connectivity index is 1.88. The molecule has 110 valence electrons. The van der Waals surface area contributed by atoms with Gasteiger partial charge in [-0.05, 0) is 38.3 Å². The van der Waals surface area contributed by atoms with Gasteiger partial charge in [-0.25, -0.2) is 0 Å². The number of carbonyl (C=O) groups is 1. The predicted molar refractivity (Wildman–Crippen MR) is 82.9 cm³/mol. The van der Waals surface area contributed by atoms with E-state index in [1.165, 1.54) is 12.8 Å². The van der Waals surface area contributed by atoms with Crippen LogP contribution in [0.2, 0.25) is 5.02 Å². The highest BCUT2D eigenvalue weighted by molar-refractivity contribution is 6.31. The van der Waals surface area contributed by atoms with Crippen LogP contribution in [0, 0.1) is 0 Å². The number of amides is 1. The van der Waals surface area contributed by atoms with Gasteiger partial charge < -0.3 is 5.32 Å². The van der Waals surface area contributed by atoms with Gasteiger partial charge in [0.2, 0.25) is 5.91 Å². The lowest BCUT2D eigenvalue weighted by Crippen LogP contribution is -2.46. The molecule has 4 heteroatoms. The van der Waals surface area contributed by atoms with Gasteiger partial charge in [0.05, 0.1) is 6.04 Å². The zero-order valence-electron chi connectivity index (χ0n) is 12.2. The van der Waals surface area contributed by atoms with E-state index in [-0.39, 0.29) is 18.0 Å². The Morgan fingerprint density at radius 3 is 2.55 bits per heavy atom. The molecule has 2 N–H and O–H groups in total. The zero-order valence-corrected chi connectivity index (χ0v) is 12.9. The standard InChI is InChI=1S/C16H23ClN2O/c1-11(14-9-5-6-10-15(14)17)18-12(2)16(20)19-13-7-3-4-8-13/h5-6,9-13,18H,3-4,7-8H2,1-2H3,(H,19,20)/t11-,12+/m0/s1. The van der Waals surface area contributed by atoms with Gasteiger partial charge in [-0.2, -0.15) is 0 Å². The molecule has 1 amide bonds. The van der Waals surface area contributed by atoms with Crippen LogP contribution in [0.15, 0.2) is 24.3 Å². The molecule has 2 atom stereocenters. The minimum atomic E-state index is -0.220. The Morgan fingerprint density at radius 2 is 1.90 bits per heavy atom. The maximum Gasteiger partial charge on any atom is 0.237 e. The summed E-state index contributed by atoms with van der Waals surface area (Å²) in [6, 6.07) is 7.93. The fourth-order valence-corrected chi connectivity index (χ4v) is 3.06. The van der Waals surface area contributed by atoms with Crippen LogP contribution >= 0.6 is 11.6 Å². The van der Waals surface area contributed by atoms with Crippen molar-refractivity contribution in [1.82, 2.24) is 10.6 Å².